The minimum Gasteiger partial charge on any atom is -0.308 e. The molecule has 2 rings (SSSR count). The molecule has 0 aromatic heterocycles. The fourth-order valence-electron chi connectivity index (χ4n) is 1.63. The molecule has 0 fully saturated rings. The molecule has 2 aromatic rings. The molecule has 0 saturated carbocycles. The molecule has 0 saturated heterocycles. The number of benzene rings is 2. The Hall–Kier alpha value is -1.95. The van der Waals surface area contributed by atoms with Gasteiger partial charge in [0.15, 0.2) is 0 Å². The molecule has 0 bridgehead atoms. The van der Waals surface area contributed by atoms with Gasteiger partial charge in [-0.05, 0) is 46.6 Å². The van der Waals surface area contributed by atoms with Gasteiger partial charge in [-0.25, -0.2) is 13.6 Å². The SMILES string of the molecule is Cc1cccc(NC(=O)Nc2cc(F)c(Br)cc2F)c1. The Bertz CT molecular complexity index is 662. The van der Waals surface area contributed by atoms with Crippen LogP contribution in [0.2, 0.25) is 0 Å². The molecule has 0 heterocycles. The standard InChI is InChI=1S/C14H11BrF2N2O/c1-8-3-2-4-9(5-8)18-14(20)19-13-7-11(16)10(15)6-12(13)17/h2-7H,1H3,(H2,18,19,20). The van der Waals surface area contributed by atoms with Gasteiger partial charge in [-0.1, -0.05) is 12.1 Å². The first-order valence-electron chi connectivity index (χ1n) is 5.75. The summed E-state index contributed by atoms with van der Waals surface area (Å²) in [5.41, 5.74) is 1.32. The third kappa shape index (κ3) is 3.54. The zero-order valence-electron chi connectivity index (χ0n) is 10.5. The number of carbonyl (C=O) groups is 1. The Labute approximate surface area is 123 Å². The van der Waals surface area contributed by atoms with Gasteiger partial charge in [-0.15, -0.1) is 0 Å². The normalized spacial score (nSPS) is 10.2. The van der Waals surface area contributed by atoms with Crippen LogP contribution in [0.25, 0.3) is 0 Å². The van der Waals surface area contributed by atoms with Crippen molar-refractivity contribution in [3.8, 4) is 0 Å². The van der Waals surface area contributed by atoms with Crippen molar-refractivity contribution >= 4 is 33.3 Å². The smallest absolute Gasteiger partial charge is 0.308 e. The van der Waals surface area contributed by atoms with E-state index in [0.29, 0.717) is 5.69 Å². The molecule has 2 amide bonds. The number of urea groups is 1. The van der Waals surface area contributed by atoms with Crippen LogP contribution in [0.3, 0.4) is 0 Å². The zero-order chi connectivity index (χ0) is 14.7. The molecule has 0 radical (unpaired) electrons. The fourth-order valence-corrected chi connectivity index (χ4v) is 1.94. The molecule has 0 aliphatic carbocycles. The molecule has 0 atom stereocenters. The van der Waals surface area contributed by atoms with Crippen LogP contribution in [0.15, 0.2) is 40.9 Å². The number of hydrogen-bond donors (Lipinski definition) is 2. The van der Waals surface area contributed by atoms with E-state index >= 15 is 0 Å². The molecule has 2 N–H and O–H groups in total. The molecule has 20 heavy (non-hydrogen) atoms. The maximum Gasteiger partial charge on any atom is 0.323 e. The van der Waals surface area contributed by atoms with Gasteiger partial charge >= 0.3 is 6.03 Å². The molecule has 6 heteroatoms. The first kappa shape index (κ1) is 14.5. The van der Waals surface area contributed by atoms with Gasteiger partial charge in [-0.2, -0.15) is 0 Å². The van der Waals surface area contributed by atoms with Crippen LogP contribution in [0.5, 0.6) is 0 Å². The number of carbonyl (C=O) groups excluding carboxylic acids is 1. The minimum atomic E-state index is -0.724. The highest BCUT2D eigenvalue weighted by atomic mass is 79.9. The van der Waals surface area contributed by atoms with E-state index in [9.17, 15) is 13.6 Å². The van der Waals surface area contributed by atoms with E-state index in [2.05, 4.69) is 26.6 Å². The van der Waals surface area contributed by atoms with Gasteiger partial charge in [0, 0.05) is 11.8 Å². The Morgan fingerprint density at radius 3 is 2.55 bits per heavy atom. The van der Waals surface area contributed by atoms with Crippen LogP contribution >= 0.6 is 15.9 Å². The van der Waals surface area contributed by atoms with Crippen molar-refractivity contribution in [2.24, 2.45) is 0 Å². The van der Waals surface area contributed by atoms with Crippen LogP contribution < -0.4 is 10.6 Å². The van der Waals surface area contributed by atoms with Crippen molar-refractivity contribution < 1.29 is 13.6 Å². The van der Waals surface area contributed by atoms with Crippen molar-refractivity contribution in [3.63, 3.8) is 0 Å². The number of anilines is 2. The lowest BCUT2D eigenvalue weighted by Gasteiger charge is -2.09. The molecular weight excluding hydrogens is 330 g/mol. The average Bonchev–Trinajstić information content (AvgIpc) is 2.36. The minimum absolute atomic E-state index is 0.000331. The largest absolute Gasteiger partial charge is 0.323 e. The van der Waals surface area contributed by atoms with Crippen molar-refractivity contribution in [1.29, 1.82) is 0 Å². The fraction of sp³-hybridized carbons (Fsp3) is 0.0714. The summed E-state index contributed by atoms with van der Waals surface area (Å²) < 4.78 is 26.9. The summed E-state index contributed by atoms with van der Waals surface area (Å²) in [6, 6.07) is 8.35. The summed E-state index contributed by atoms with van der Waals surface area (Å²) in [4.78, 5) is 11.7. The molecule has 0 aliphatic rings. The van der Waals surface area contributed by atoms with Crippen molar-refractivity contribution in [3.05, 3.63) is 58.1 Å². The highest BCUT2D eigenvalue weighted by molar-refractivity contribution is 9.10. The second-order valence-corrected chi connectivity index (χ2v) is 5.05. The first-order valence-corrected chi connectivity index (χ1v) is 6.54. The summed E-state index contributed by atoms with van der Waals surface area (Å²) in [6.07, 6.45) is 0. The highest BCUT2D eigenvalue weighted by Crippen LogP contribution is 2.23. The van der Waals surface area contributed by atoms with Crippen molar-refractivity contribution in [1.82, 2.24) is 0 Å². The van der Waals surface area contributed by atoms with E-state index in [1.54, 1.807) is 18.2 Å². The summed E-state index contributed by atoms with van der Waals surface area (Å²) in [7, 11) is 0. The topological polar surface area (TPSA) is 41.1 Å². The maximum absolute atomic E-state index is 13.6. The lowest BCUT2D eigenvalue weighted by Crippen LogP contribution is -2.20. The Balaban J connectivity index is 2.10. The Morgan fingerprint density at radius 2 is 1.85 bits per heavy atom. The second kappa shape index (κ2) is 6.00. The van der Waals surface area contributed by atoms with Crippen molar-refractivity contribution in [2.45, 2.75) is 6.92 Å². The number of aryl methyl sites for hydroxylation is 1. The number of halogens is 3. The Morgan fingerprint density at radius 1 is 1.10 bits per heavy atom. The summed E-state index contributed by atoms with van der Waals surface area (Å²) >= 11 is 2.86. The number of amides is 2. The van der Waals surface area contributed by atoms with Crippen LogP contribution in [0.1, 0.15) is 5.56 Å². The van der Waals surface area contributed by atoms with E-state index in [4.69, 9.17) is 0 Å². The highest BCUT2D eigenvalue weighted by Gasteiger charge is 2.11. The zero-order valence-corrected chi connectivity index (χ0v) is 12.1. The molecule has 0 unspecified atom stereocenters. The summed E-state index contributed by atoms with van der Waals surface area (Å²) in [6.45, 7) is 1.88. The second-order valence-electron chi connectivity index (χ2n) is 4.19. The van der Waals surface area contributed by atoms with E-state index < -0.39 is 17.7 Å². The van der Waals surface area contributed by atoms with E-state index in [1.165, 1.54) is 0 Å². The van der Waals surface area contributed by atoms with Crippen LogP contribution in [0, 0.1) is 18.6 Å². The molecular formula is C14H11BrF2N2O. The quantitative estimate of drug-likeness (QED) is 0.765. The van der Waals surface area contributed by atoms with Gasteiger partial charge in [0.05, 0.1) is 10.2 Å². The van der Waals surface area contributed by atoms with E-state index in [0.717, 1.165) is 17.7 Å². The van der Waals surface area contributed by atoms with Crippen LogP contribution in [-0.4, -0.2) is 6.03 Å². The number of nitrogens with one attached hydrogen (secondary N) is 2. The molecule has 2 aromatic carbocycles. The van der Waals surface area contributed by atoms with Crippen molar-refractivity contribution in [2.75, 3.05) is 10.6 Å². The third-order valence-corrected chi connectivity index (χ3v) is 3.14. The maximum atomic E-state index is 13.6. The predicted molar refractivity (Wildman–Crippen MR) is 77.9 cm³/mol. The lowest BCUT2D eigenvalue weighted by atomic mass is 10.2. The molecule has 0 spiro atoms. The number of rotatable bonds is 2. The first-order chi connectivity index (χ1) is 9.45. The lowest BCUT2D eigenvalue weighted by molar-refractivity contribution is 0.262. The van der Waals surface area contributed by atoms with Gasteiger partial charge in [0.2, 0.25) is 0 Å². The summed E-state index contributed by atoms with van der Waals surface area (Å²) in [5, 5.41) is 4.80. The predicted octanol–water partition coefficient (Wildman–Crippen LogP) is 4.68. The average molecular weight is 341 g/mol. The van der Waals surface area contributed by atoms with Crippen LogP contribution in [-0.2, 0) is 0 Å². The number of hydrogen-bond acceptors (Lipinski definition) is 1. The molecule has 3 nitrogen and oxygen atoms in total. The monoisotopic (exact) mass is 340 g/mol. The van der Waals surface area contributed by atoms with Gasteiger partial charge in [-0.3, -0.25) is 0 Å². The van der Waals surface area contributed by atoms with Gasteiger partial charge in [0.25, 0.3) is 0 Å². The molecule has 0 aliphatic heterocycles. The third-order valence-electron chi connectivity index (χ3n) is 2.53. The molecule has 104 valence electrons. The summed E-state index contributed by atoms with van der Waals surface area (Å²) in [5.74, 6) is -1.38. The van der Waals surface area contributed by atoms with Gasteiger partial charge < -0.3 is 10.6 Å². The van der Waals surface area contributed by atoms with E-state index in [-0.39, 0.29) is 10.2 Å². The van der Waals surface area contributed by atoms with E-state index in [1.807, 2.05) is 13.0 Å². The van der Waals surface area contributed by atoms with Gasteiger partial charge in [0.1, 0.15) is 11.6 Å². The van der Waals surface area contributed by atoms with Crippen LogP contribution in [0.4, 0.5) is 25.0 Å². The Kier molecular flexibility index (Phi) is 4.34.